The van der Waals surface area contributed by atoms with Crippen molar-refractivity contribution in [1.29, 1.82) is 0 Å². The van der Waals surface area contributed by atoms with Crippen LogP contribution in [0.25, 0.3) is 44.8 Å². The van der Waals surface area contributed by atoms with Gasteiger partial charge in [-0.1, -0.05) is 115 Å². The lowest BCUT2D eigenvalue weighted by Gasteiger charge is -2.30. The lowest BCUT2D eigenvalue weighted by molar-refractivity contribution is 0.794. The van der Waals surface area contributed by atoms with E-state index in [1.54, 1.807) is 0 Å². The summed E-state index contributed by atoms with van der Waals surface area (Å²) in [7, 11) is 0. The highest BCUT2D eigenvalue weighted by Crippen LogP contribution is 2.62. The third-order valence-electron chi connectivity index (χ3n) is 8.03. The van der Waals surface area contributed by atoms with Gasteiger partial charge in [0.05, 0.1) is 16.8 Å². The van der Waals surface area contributed by atoms with Gasteiger partial charge in [-0.05, 0) is 62.7 Å². The zero-order chi connectivity index (χ0) is 24.4. The molecule has 8 rings (SSSR count). The summed E-state index contributed by atoms with van der Waals surface area (Å²) in [5, 5.41) is 9.22. The van der Waals surface area contributed by atoms with E-state index in [2.05, 4.69) is 125 Å². The molecule has 0 N–H and O–H groups in total. The van der Waals surface area contributed by atoms with E-state index in [0.717, 1.165) is 22.5 Å². The van der Waals surface area contributed by atoms with E-state index in [1.165, 1.54) is 44.5 Å². The molecule has 0 atom stereocenters. The Hall–Kier alpha value is -4.82. The summed E-state index contributed by atoms with van der Waals surface area (Å²) in [5.41, 5.74) is 14.2. The lowest BCUT2D eigenvalue weighted by atomic mass is 9.70. The highest BCUT2D eigenvalue weighted by atomic mass is 15.1. The Morgan fingerprint density at radius 1 is 0.351 bits per heavy atom. The molecule has 0 bridgehead atoms. The van der Waals surface area contributed by atoms with Crippen molar-refractivity contribution in [3.8, 4) is 44.8 Å². The first kappa shape index (κ1) is 20.4. The average Bonchev–Trinajstić information content (AvgIpc) is 3.45. The molecule has 0 saturated carbocycles. The minimum absolute atomic E-state index is 0.341. The molecule has 1 spiro atoms. The molecule has 37 heavy (non-hydrogen) atoms. The van der Waals surface area contributed by atoms with Gasteiger partial charge in [0, 0.05) is 11.1 Å². The molecule has 2 nitrogen and oxygen atoms in total. The molecule has 0 fully saturated rings. The van der Waals surface area contributed by atoms with Gasteiger partial charge >= 0.3 is 0 Å². The number of hydrogen-bond acceptors (Lipinski definition) is 2. The Morgan fingerprint density at radius 3 is 1.35 bits per heavy atom. The predicted octanol–water partition coefficient (Wildman–Crippen LogP) is 8.15. The quantitative estimate of drug-likeness (QED) is 0.255. The van der Waals surface area contributed by atoms with Crippen LogP contribution in [0.2, 0.25) is 0 Å². The van der Waals surface area contributed by atoms with Gasteiger partial charge in [-0.2, -0.15) is 0 Å². The second-order valence-electron chi connectivity index (χ2n) is 9.82. The molecule has 172 valence electrons. The molecule has 0 amide bonds. The molecule has 2 aliphatic rings. The molecule has 0 saturated heterocycles. The molecule has 5 aromatic carbocycles. The zero-order valence-corrected chi connectivity index (χ0v) is 20.1. The van der Waals surface area contributed by atoms with E-state index >= 15 is 0 Å². The topological polar surface area (TPSA) is 25.8 Å². The van der Waals surface area contributed by atoms with Gasteiger partial charge in [-0.3, -0.25) is 0 Å². The van der Waals surface area contributed by atoms with Crippen LogP contribution in [-0.2, 0) is 5.41 Å². The Morgan fingerprint density at radius 2 is 0.811 bits per heavy atom. The Balaban J connectivity index is 1.37. The van der Waals surface area contributed by atoms with Crippen molar-refractivity contribution in [2.24, 2.45) is 0 Å². The van der Waals surface area contributed by atoms with Gasteiger partial charge < -0.3 is 0 Å². The van der Waals surface area contributed by atoms with Crippen molar-refractivity contribution in [3.63, 3.8) is 0 Å². The van der Waals surface area contributed by atoms with Gasteiger partial charge in [-0.25, -0.2) is 0 Å². The van der Waals surface area contributed by atoms with Crippen LogP contribution in [0.4, 0.5) is 0 Å². The summed E-state index contributed by atoms with van der Waals surface area (Å²) in [6, 6.07) is 47.8. The van der Waals surface area contributed by atoms with Gasteiger partial charge in [0.15, 0.2) is 0 Å². The Kier molecular flexibility index (Phi) is 4.18. The van der Waals surface area contributed by atoms with Crippen molar-refractivity contribution in [3.05, 3.63) is 156 Å². The van der Waals surface area contributed by atoms with E-state index in [9.17, 15) is 0 Å². The summed E-state index contributed by atoms with van der Waals surface area (Å²) in [4.78, 5) is 0. The monoisotopic (exact) mass is 470 g/mol. The molecule has 0 radical (unpaired) electrons. The highest BCUT2D eigenvalue weighted by Gasteiger charge is 2.51. The summed E-state index contributed by atoms with van der Waals surface area (Å²) in [6.07, 6.45) is 0. The van der Waals surface area contributed by atoms with Crippen molar-refractivity contribution in [1.82, 2.24) is 10.2 Å². The maximum atomic E-state index is 4.65. The highest BCUT2D eigenvalue weighted by molar-refractivity contribution is 5.95. The smallest absolute Gasteiger partial charge is 0.0930 e. The van der Waals surface area contributed by atoms with E-state index in [1.807, 2.05) is 18.2 Å². The minimum Gasteiger partial charge on any atom is -0.150 e. The maximum absolute atomic E-state index is 4.65. The molecule has 1 aromatic heterocycles. The van der Waals surface area contributed by atoms with Crippen molar-refractivity contribution in [2.45, 2.75) is 5.41 Å². The first-order valence-corrected chi connectivity index (χ1v) is 12.7. The van der Waals surface area contributed by atoms with Crippen molar-refractivity contribution < 1.29 is 0 Å². The first-order chi connectivity index (χ1) is 18.4. The van der Waals surface area contributed by atoms with E-state index < -0.39 is 0 Å². The van der Waals surface area contributed by atoms with Crippen LogP contribution in [0, 0.1) is 0 Å². The first-order valence-electron chi connectivity index (χ1n) is 12.7. The number of fused-ring (bicyclic) bond motifs is 10. The fourth-order valence-electron chi connectivity index (χ4n) is 6.50. The molecular formula is C35H22N2. The van der Waals surface area contributed by atoms with Gasteiger partial charge in [0.1, 0.15) is 0 Å². The normalized spacial score (nSPS) is 13.6. The summed E-state index contributed by atoms with van der Waals surface area (Å²) in [6.45, 7) is 0. The van der Waals surface area contributed by atoms with Crippen LogP contribution >= 0.6 is 0 Å². The summed E-state index contributed by atoms with van der Waals surface area (Å²) < 4.78 is 0. The number of rotatable bonds is 2. The van der Waals surface area contributed by atoms with Crippen molar-refractivity contribution >= 4 is 0 Å². The second-order valence-corrected chi connectivity index (χ2v) is 9.82. The van der Waals surface area contributed by atoms with Crippen LogP contribution in [-0.4, -0.2) is 10.2 Å². The van der Waals surface area contributed by atoms with Crippen LogP contribution in [0.3, 0.4) is 0 Å². The van der Waals surface area contributed by atoms with Crippen molar-refractivity contribution in [2.75, 3.05) is 0 Å². The number of benzene rings is 5. The largest absolute Gasteiger partial charge is 0.150 e. The van der Waals surface area contributed by atoms with Crippen LogP contribution < -0.4 is 0 Å². The Labute approximate surface area is 215 Å². The summed E-state index contributed by atoms with van der Waals surface area (Å²) >= 11 is 0. The zero-order valence-electron chi connectivity index (χ0n) is 20.1. The molecule has 6 aromatic rings. The molecular weight excluding hydrogens is 448 g/mol. The van der Waals surface area contributed by atoms with Crippen LogP contribution in [0.1, 0.15) is 22.3 Å². The molecule has 2 heteroatoms. The lowest BCUT2D eigenvalue weighted by Crippen LogP contribution is -2.25. The molecule has 2 aliphatic carbocycles. The molecule has 0 aliphatic heterocycles. The molecule has 1 heterocycles. The van der Waals surface area contributed by atoms with E-state index in [-0.39, 0.29) is 5.41 Å². The predicted molar refractivity (Wildman–Crippen MR) is 149 cm³/mol. The average molecular weight is 471 g/mol. The van der Waals surface area contributed by atoms with Crippen LogP contribution in [0.15, 0.2) is 133 Å². The minimum atomic E-state index is -0.341. The number of aromatic nitrogens is 2. The SMILES string of the molecule is c1ccc(-c2ccc(-c3ccc4c(c3)C3(c5ccccc5-c5ccccc53)c3ccccc3-4)nn2)cc1. The summed E-state index contributed by atoms with van der Waals surface area (Å²) in [5.74, 6) is 0. The van der Waals surface area contributed by atoms with Gasteiger partial charge in [-0.15, -0.1) is 10.2 Å². The maximum Gasteiger partial charge on any atom is 0.0930 e. The third-order valence-corrected chi connectivity index (χ3v) is 8.03. The second kappa shape index (κ2) is 7.59. The van der Waals surface area contributed by atoms with Gasteiger partial charge in [0.2, 0.25) is 0 Å². The Bertz CT molecular complexity index is 1750. The fraction of sp³-hybridized carbons (Fsp3) is 0.0286. The van der Waals surface area contributed by atoms with Gasteiger partial charge in [0.25, 0.3) is 0 Å². The standard InChI is InChI=1S/C35H22N2/c1-2-10-23(11-3-1)33-20-21-34(37-36-33)24-18-19-28-27-14-6-9-17-31(27)35(32(28)22-24)29-15-7-4-12-25(29)26-13-5-8-16-30(26)35/h1-22H. The number of hydrogen-bond donors (Lipinski definition) is 0. The van der Waals surface area contributed by atoms with Crippen LogP contribution in [0.5, 0.6) is 0 Å². The number of nitrogens with zero attached hydrogens (tertiary/aromatic N) is 2. The third kappa shape index (κ3) is 2.70. The molecule has 0 unspecified atom stereocenters. The van der Waals surface area contributed by atoms with E-state index in [4.69, 9.17) is 0 Å². The fourth-order valence-corrected chi connectivity index (χ4v) is 6.50. The van der Waals surface area contributed by atoms with E-state index in [0.29, 0.717) is 0 Å².